The summed E-state index contributed by atoms with van der Waals surface area (Å²) in [5.74, 6) is -0.0387. The second-order valence-corrected chi connectivity index (χ2v) is 9.36. The average molecular weight is 414 g/mol. The quantitative estimate of drug-likeness (QED) is 0.521. The lowest BCUT2D eigenvalue weighted by Gasteiger charge is -2.20. The van der Waals surface area contributed by atoms with Gasteiger partial charge in [0, 0.05) is 10.5 Å². The summed E-state index contributed by atoms with van der Waals surface area (Å²) >= 11 is 1.42. The van der Waals surface area contributed by atoms with Gasteiger partial charge in [0.25, 0.3) is 0 Å². The van der Waals surface area contributed by atoms with Crippen LogP contribution in [0.5, 0.6) is 5.75 Å². The molecule has 1 aliphatic carbocycles. The van der Waals surface area contributed by atoms with Crippen LogP contribution in [0.1, 0.15) is 42.3 Å². The predicted molar refractivity (Wildman–Crippen MR) is 124 cm³/mol. The van der Waals surface area contributed by atoms with Crippen LogP contribution in [0, 0.1) is 0 Å². The van der Waals surface area contributed by atoms with Crippen molar-refractivity contribution in [3.8, 4) is 5.75 Å². The van der Waals surface area contributed by atoms with Crippen molar-refractivity contribution in [3.05, 3.63) is 100 Å². The van der Waals surface area contributed by atoms with Crippen molar-refractivity contribution >= 4 is 28.9 Å². The first kappa shape index (κ1) is 20.2. The molecule has 0 heterocycles. The molecule has 0 aliphatic heterocycles. The van der Waals surface area contributed by atoms with Crippen LogP contribution in [0.4, 0.5) is 5.69 Å². The molecule has 30 heavy (non-hydrogen) atoms. The lowest BCUT2D eigenvalue weighted by Crippen LogP contribution is -2.16. The summed E-state index contributed by atoms with van der Waals surface area (Å²) in [7, 11) is 0. The van der Waals surface area contributed by atoms with Crippen molar-refractivity contribution in [1.29, 1.82) is 0 Å². The monoisotopic (exact) mass is 413 g/mol. The predicted octanol–water partition coefficient (Wildman–Crippen LogP) is 6.68. The number of carbonyl (C=O) groups excluding carboxylic acids is 1. The zero-order valence-electron chi connectivity index (χ0n) is 17.2. The first-order valence-corrected chi connectivity index (χ1v) is 10.7. The van der Waals surface area contributed by atoms with Crippen molar-refractivity contribution in [2.75, 3.05) is 0 Å². The van der Waals surface area contributed by atoms with Crippen LogP contribution in [0.15, 0.2) is 93.7 Å². The molecule has 3 aromatic rings. The largest absolute Gasteiger partial charge is 0.507 e. The highest BCUT2D eigenvalue weighted by Crippen LogP contribution is 2.37. The highest BCUT2D eigenvalue weighted by Gasteiger charge is 2.27. The Hall–Kier alpha value is -3.11. The number of carbonyl (C=O) groups is 1. The Balaban J connectivity index is 1.75. The zero-order valence-corrected chi connectivity index (χ0v) is 18.0. The Kier molecular flexibility index (Phi) is 5.35. The molecular weight excluding hydrogens is 390 g/mol. The van der Waals surface area contributed by atoms with E-state index < -0.39 is 0 Å². The lowest BCUT2D eigenvalue weighted by molar-refractivity contribution is 0.104. The van der Waals surface area contributed by atoms with E-state index in [9.17, 15) is 9.90 Å². The molecule has 0 aromatic heterocycles. The van der Waals surface area contributed by atoms with Crippen molar-refractivity contribution < 1.29 is 9.90 Å². The maximum absolute atomic E-state index is 13.1. The molecule has 0 unspecified atom stereocenters. The highest BCUT2D eigenvalue weighted by molar-refractivity contribution is 8.04. The number of para-hydroxylation sites is 1. The van der Waals surface area contributed by atoms with Gasteiger partial charge in [-0.05, 0) is 47.4 Å². The van der Waals surface area contributed by atoms with E-state index in [2.05, 4.69) is 32.9 Å². The molecule has 4 rings (SSSR count). The number of aromatic hydroxyl groups is 1. The number of benzene rings is 3. The fourth-order valence-corrected chi connectivity index (χ4v) is 4.25. The zero-order chi connectivity index (χ0) is 21.3. The van der Waals surface area contributed by atoms with Gasteiger partial charge in [0.2, 0.25) is 5.78 Å². The summed E-state index contributed by atoms with van der Waals surface area (Å²) in [6.07, 6.45) is 1.78. The number of Topliss-reactive ketones (excluding diaryl/α,β-unsaturated/α-hetero) is 1. The molecule has 1 N–H and O–H groups in total. The van der Waals surface area contributed by atoms with E-state index in [1.54, 1.807) is 24.3 Å². The molecule has 0 saturated heterocycles. The van der Waals surface area contributed by atoms with E-state index >= 15 is 0 Å². The first-order chi connectivity index (χ1) is 14.3. The minimum absolute atomic E-state index is 0.0605. The van der Waals surface area contributed by atoms with E-state index in [-0.39, 0.29) is 16.9 Å². The van der Waals surface area contributed by atoms with Crippen LogP contribution in [0.3, 0.4) is 0 Å². The van der Waals surface area contributed by atoms with Crippen LogP contribution in [0.25, 0.3) is 0 Å². The first-order valence-electron chi connectivity index (χ1n) is 9.84. The summed E-state index contributed by atoms with van der Waals surface area (Å²) < 4.78 is 0. The number of fused-ring (bicyclic) bond motifs is 1. The molecule has 0 amide bonds. The molecule has 3 nitrogen and oxygen atoms in total. The summed E-state index contributed by atoms with van der Waals surface area (Å²) in [5, 5.41) is 10.4. The minimum Gasteiger partial charge on any atom is -0.507 e. The van der Waals surface area contributed by atoms with E-state index in [1.165, 1.54) is 17.3 Å². The molecule has 3 aromatic carbocycles. The third-order valence-electron chi connectivity index (χ3n) is 4.99. The topological polar surface area (TPSA) is 49.7 Å². The SMILES string of the molecule is CC(C)(C)c1ccc(SC2=CC(=Nc3ccccc3)c3c(O)cccc3C2=O)cc1. The summed E-state index contributed by atoms with van der Waals surface area (Å²) in [6, 6.07) is 22.9. The van der Waals surface area contributed by atoms with Crippen LogP contribution < -0.4 is 0 Å². The van der Waals surface area contributed by atoms with Crippen molar-refractivity contribution in [2.24, 2.45) is 4.99 Å². The van der Waals surface area contributed by atoms with Gasteiger partial charge in [-0.15, -0.1) is 0 Å². The number of nitrogens with zero attached hydrogens (tertiary/aromatic N) is 1. The second kappa shape index (κ2) is 7.96. The van der Waals surface area contributed by atoms with Crippen LogP contribution >= 0.6 is 11.8 Å². The number of thioether (sulfide) groups is 1. The summed E-state index contributed by atoms with van der Waals surface area (Å²) in [4.78, 5) is 19.4. The van der Waals surface area contributed by atoms with Crippen LogP contribution in [-0.4, -0.2) is 16.6 Å². The van der Waals surface area contributed by atoms with Crippen molar-refractivity contribution in [1.82, 2.24) is 0 Å². The van der Waals surface area contributed by atoms with E-state index in [1.807, 2.05) is 42.5 Å². The maximum Gasteiger partial charge on any atom is 0.200 e. The van der Waals surface area contributed by atoms with Gasteiger partial charge in [0.15, 0.2) is 0 Å². The third-order valence-corrected chi connectivity index (χ3v) is 6.02. The van der Waals surface area contributed by atoms with E-state index in [4.69, 9.17) is 4.99 Å². The molecule has 150 valence electrons. The van der Waals surface area contributed by atoms with Crippen molar-refractivity contribution in [2.45, 2.75) is 31.1 Å². The number of hydrogen-bond donors (Lipinski definition) is 1. The normalized spacial score (nSPS) is 15.1. The van der Waals surface area contributed by atoms with Gasteiger partial charge in [0.05, 0.1) is 21.9 Å². The number of rotatable bonds is 3. The number of aliphatic imine (C=N–C) groups is 1. The minimum atomic E-state index is -0.0993. The Morgan fingerprint density at radius 2 is 1.57 bits per heavy atom. The molecule has 0 atom stereocenters. The fourth-order valence-electron chi connectivity index (χ4n) is 3.35. The van der Waals surface area contributed by atoms with Gasteiger partial charge in [-0.1, -0.05) is 75.0 Å². The van der Waals surface area contributed by atoms with Gasteiger partial charge in [-0.3, -0.25) is 4.79 Å². The van der Waals surface area contributed by atoms with Gasteiger partial charge in [-0.25, -0.2) is 4.99 Å². The van der Waals surface area contributed by atoms with E-state index in [0.29, 0.717) is 21.7 Å². The number of ketones is 1. The van der Waals surface area contributed by atoms with Gasteiger partial charge < -0.3 is 5.11 Å². The number of phenolic OH excluding ortho intramolecular Hbond substituents is 1. The fraction of sp³-hybridized carbons (Fsp3) is 0.154. The third kappa shape index (κ3) is 4.10. The Morgan fingerprint density at radius 1 is 0.867 bits per heavy atom. The maximum atomic E-state index is 13.1. The highest BCUT2D eigenvalue weighted by atomic mass is 32.2. The van der Waals surface area contributed by atoms with Gasteiger partial charge in [0.1, 0.15) is 5.75 Å². The Bertz CT molecular complexity index is 1150. The van der Waals surface area contributed by atoms with Crippen molar-refractivity contribution in [3.63, 3.8) is 0 Å². The molecule has 0 radical (unpaired) electrons. The summed E-state index contributed by atoms with van der Waals surface area (Å²) in [5.41, 5.74) is 3.64. The molecule has 0 fully saturated rings. The standard InChI is InChI=1S/C26H23NO2S/c1-26(2,3)17-12-14-19(15-13-17)30-23-16-21(27-18-8-5-4-6-9-18)24-20(25(23)29)10-7-11-22(24)28/h4-16,28H,1-3H3. The van der Waals surface area contributed by atoms with Crippen LogP contribution in [-0.2, 0) is 5.41 Å². The Morgan fingerprint density at radius 3 is 2.23 bits per heavy atom. The molecule has 0 bridgehead atoms. The van der Waals surface area contributed by atoms with Gasteiger partial charge in [-0.2, -0.15) is 0 Å². The molecule has 0 saturated carbocycles. The van der Waals surface area contributed by atoms with Gasteiger partial charge >= 0.3 is 0 Å². The van der Waals surface area contributed by atoms with E-state index in [0.717, 1.165) is 10.6 Å². The van der Waals surface area contributed by atoms with Crippen LogP contribution in [0.2, 0.25) is 0 Å². The number of allylic oxidation sites excluding steroid dienone is 2. The number of hydrogen-bond acceptors (Lipinski definition) is 4. The molecule has 1 aliphatic rings. The molecule has 4 heteroatoms. The molecular formula is C26H23NO2S. The summed E-state index contributed by atoms with van der Waals surface area (Å²) in [6.45, 7) is 6.54. The smallest absolute Gasteiger partial charge is 0.200 e. The number of phenols is 1. The Labute approximate surface area is 181 Å². The molecule has 0 spiro atoms. The lowest BCUT2D eigenvalue weighted by atomic mass is 9.87. The average Bonchev–Trinajstić information content (AvgIpc) is 2.72. The second-order valence-electron chi connectivity index (χ2n) is 8.25.